The fraction of sp³-hybridized carbons (Fsp3) is 0.129. The fourth-order valence-electron chi connectivity index (χ4n) is 4.83. The Bertz CT molecular complexity index is 1760. The summed E-state index contributed by atoms with van der Waals surface area (Å²) in [4.78, 5) is 34.8. The van der Waals surface area contributed by atoms with Gasteiger partial charge < -0.3 is 14.5 Å². The summed E-state index contributed by atoms with van der Waals surface area (Å²) in [6.45, 7) is 1.84. The third kappa shape index (κ3) is 3.98. The number of rotatable bonds is 6. The maximum absolute atomic E-state index is 13.7. The molecule has 0 bridgehead atoms. The number of aromatic nitrogens is 3. The molecule has 1 N–H and O–H groups in total. The summed E-state index contributed by atoms with van der Waals surface area (Å²) in [6, 6.07) is 28.2. The van der Waals surface area contributed by atoms with Crippen LogP contribution in [-0.4, -0.2) is 39.6 Å². The molecule has 0 spiro atoms. The van der Waals surface area contributed by atoms with E-state index < -0.39 is 12.1 Å². The fourth-order valence-corrected chi connectivity index (χ4v) is 4.83. The lowest BCUT2D eigenvalue weighted by molar-refractivity contribution is 0.0245. The molecular formula is C31H25N3O4. The molecule has 0 radical (unpaired) electrons. The Hall–Kier alpha value is -4.91. The van der Waals surface area contributed by atoms with Gasteiger partial charge in [0.25, 0.3) is 5.91 Å². The van der Waals surface area contributed by atoms with Crippen LogP contribution in [0.3, 0.4) is 0 Å². The predicted molar refractivity (Wildman–Crippen MR) is 148 cm³/mol. The molecule has 7 nitrogen and oxygen atoms in total. The molecule has 0 aliphatic carbocycles. The first kappa shape index (κ1) is 23.5. The highest BCUT2D eigenvalue weighted by molar-refractivity contribution is 6.14. The van der Waals surface area contributed by atoms with E-state index in [1.165, 1.54) is 0 Å². The van der Waals surface area contributed by atoms with Crippen LogP contribution in [-0.2, 0) is 4.74 Å². The Labute approximate surface area is 218 Å². The van der Waals surface area contributed by atoms with Crippen LogP contribution in [0.4, 0.5) is 0 Å². The van der Waals surface area contributed by atoms with Gasteiger partial charge in [0.2, 0.25) is 0 Å². The Morgan fingerprint density at radius 3 is 2.18 bits per heavy atom. The van der Waals surface area contributed by atoms with E-state index >= 15 is 0 Å². The van der Waals surface area contributed by atoms with Crippen molar-refractivity contribution in [2.24, 2.45) is 0 Å². The van der Waals surface area contributed by atoms with Gasteiger partial charge in [-0.1, -0.05) is 43.3 Å². The number of benzene rings is 4. The third-order valence-electron chi connectivity index (χ3n) is 6.78. The van der Waals surface area contributed by atoms with E-state index in [1.54, 1.807) is 29.9 Å². The molecule has 1 atom stereocenters. The Kier molecular flexibility index (Phi) is 5.88. The van der Waals surface area contributed by atoms with Crippen LogP contribution in [0.5, 0.6) is 5.75 Å². The van der Waals surface area contributed by atoms with Gasteiger partial charge in [-0.05, 0) is 61.0 Å². The normalized spacial score (nSPS) is 12.2. The highest BCUT2D eigenvalue weighted by atomic mass is 16.5. The molecule has 0 saturated heterocycles. The lowest BCUT2D eigenvalue weighted by Crippen LogP contribution is -2.31. The Morgan fingerprint density at radius 2 is 1.55 bits per heavy atom. The second kappa shape index (κ2) is 9.52. The summed E-state index contributed by atoms with van der Waals surface area (Å²) < 4.78 is 12.7. The van der Waals surface area contributed by atoms with Gasteiger partial charge in [-0.15, -0.1) is 0 Å². The van der Waals surface area contributed by atoms with Gasteiger partial charge >= 0.3 is 5.97 Å². The molecule has 188 valence electrons. The van der Waals surface area contributed by atoms with Crippen LogP contribution < -0.4 is 4.74 Å². The van der Waals surface area contributed by atoms with Crippen molar-refractivity contribution in [2.45, 2.75) is 19.4 Å². The topological polar surface area (TPSA) is 86.2 Å². The van der Waals surface area contributed by atoms with E-state index in [0.717, 1.165) is 38.6 Å². The number of esters is 1. The largest absolute Gasteiger partial charge is 0.497 e. The van der Waals surface area contributed by atoms with E-state index in [9.17, 15) is 9.59 Å². The summed E-state index contributed by atoms with van der Waals surface area (Å²) in [5, 5.41) is 1.96. The van der Waals surface area contributed by atoms with Gasteiger partial charge in [0.1, 0.15) is 11.6 Å². The number of imidazole rings is 1. The quantitative estimate of drug-likeness (QED) is 0.258. The lowest BCUT2D eigenvalue weighted by atomic mass is 10.2. The average Bonchev–Trinajstić information content (AvgIpc) is 3.54. The first-order valence-electron chi connectivity index (χ1n) is 12.4. The maximum Gasteiger partial charge on any atom is 0.338 e. The standard InChI is InChI=1S/C31H25N3O4/c1-3-28(30(35)34-26-10-6-4-8-22(26)23-9-5-7-11-27(23)34)38-31(36)20-14-17-24-25(18-20)33-29(32-24)19-12-15-21(37-2)16-13-19/h4-18,28H,3H2,1-2H3,(H,32,33). The molecule has 6 aromatic rings. The number of ether oxygens (including phenoxy) is 2. The van der Waals surface area contributed by atoms with Crippen molar-refractivity contribution in [3.8, 4) is 17.1 Å². The van der Waals surface area contributed by atoms with Crippen molar-refractivity contribution in [3.63, 3.8) is 0 Å². The summed E-state index contributed by atoms with van der Waals surface area (Å²) in [7, 11) is 1.62. The zero-order valence-electron chi connectivity index (χ0n) is 21.0. The van der Waals surface area contributed by atoms with Crippen LogP contribution in [0, 0.1) is 0 Å². The van der Waals surface area contributed by atoms with Gasteiger partial charge in [-0.2, -0.15) is 0 Å². The summed E-state index contributed by atoms with van der Waals surface area (Å²) >= 11 is 0. The molecule has 0 fully saturated rings. The van der Waals surface area contributed by atoms with Crippen molar-refractivity contribution in [2.75, 3.05) is 7.11 Å². The number of hydrogen-bond donors (Lipinski definition) is 1. The number of fused-ring (bicyclic) bond motifs is 4. The first-order chi connectivity index (χ1) is 18.6. The molecule has 1 unspecified atom stereocenters. The van der Waals surface area contributed by atoms with E-state index in [0.29, 0.717) is 23.3 Å². The van der Waals surface area contributed by atoms with E-state index in [2.05, 4.69) is 9.97 Å². The van der Waals surface area contributed by atoms with Crippen molar-refractivity contribution in [3.05, 3.63) is 96.6 Å². The molecule has 38 heavy (non-hydrogen) atoms. The second-order valence-corrected chi connectivity index (χ2v) is 9.06. The highest BCUT2D eigenvalue weighted by Crippen LogP contribution is 2.30. The molecule has 2 heterocycles. The number of H-pyrrole nitrogens is 1. The smallest absolute Gasteiger partial charge is 0.338 e. The van der Waals surface area contributed by atoms with Gasteiger partial charge in [0, 0.05) is 16.3 Å². The number of nitrogens with one attached hydrogen (secondary N) is 1. The summed E-state index contributed by atoms with van der Waals surface area (Å²) in [5.41, 5.74) is 4.24. The van der Waals surface area contributed by atoms with Gasteiger partial charge in [0.05, 0.1) is 34.7 Å². The Balaban J connectivity index is 1.28. The average molecular weight is 504 g/mol. The minimum Gasteiger partial charge on any atom is -0.497 e. The second-order valence-electron chi connectivity index (χ2n) is 9.06. The first-order valence-corrected chi connectivity index (χ1v) is 12.4. The molecular weight excluding hydrogens is 478 g/mol. The number of carbonyl (C=O) groups excluding carboxylic acids is 2. The summed E-state index contributed by atoms with van der Waals surface area (Å²) in [5.74, 6) is 0.605. The molecule has 0 amide bonds. The predicted octanol–water partition coefficient (Wildman–Crippen LogP) is 6.62. The SMILES string of the molecule is CCC(OC(=O)c1ccc2nc(-c3ccc(OC)cc3)[nH]c2c1)C(=O)n1c2ccccc2c2ccccc21. The molecule has 0 aliphatic heterocycles. The van der Waals surface area contributed by atoms with E-state index in [4.69, 9.17) is 9.47 Å². The van der Waals surface area contributed by atoms with Crippen LogP contribution in [0.2, 0.25) is 0 Å². The molecule has 2 aromatic heterocycles. The van der Waals surface area contributed by atoms with E-state index in [-0.39, 0.29) is 5.91 Å². The number of para-hydroxylation sites is 2. The van der Waals surface area contributed by atoms with Crippen molar-refractivity contribution >= 4 is 44.7 Å². The van der Waals surface area contributed by atoms with Gasteiger partial charge in [0.15, 0.2) is 6.10 Å². The zero-order valence-corrected chi connectivity index (χ0v) is 21.0. The molecule has 0 saturated carbocycles. The molecule has 4 aromatic carbocycles. The number of nitrogens with zero attached hydrogens (tertiary/aromatic N) is 2. The van der Waals surface area contributed by atoms with Gasteiger partial charge in [-0.25, -0.2) is 9.78 Å². The molecule has 0 aliphatic rings. The monoisotopic (exact) mass is 503 g/mol. The van der Waals surface area contributed by atoms with Crippen LogP contribution in [0.25, 0.3) is 44.2 Å². The third-order valence-corrected chi connectivity index (χ3v) is 6.78. The van der Waals surface area contributed by atoms with Crippen LogP contribution in [0.15, 0.2) is 91.0 Å². The number of aromatic amines is 1. The minimum atomic E-state index is -0.936. The number of methoxy groups -OCH3 is 1. The molecule has 6 rings (SSSR count). The minimum absolute atomic E-state index is 0.275. The summed E-state index contributed by atoms with van der Waals surface area (Å²) in [6.07, 6.45) is -0.590. The van der Waals surface area contributed by atoms with Crippen LogP contribution >= 0.6 is 0 Å². The van der Waals surface area contributed by atoms with Crippen molar-refractivity contribution in [1.82, 2.24) is 14.5 Å². The Morgan fingerprint density at radius 1 is 0.895 bits per heavy atom. The van der Waals surface area contributed by atoms with Gasteiger partial charge in [-0.3, -0.25) is 9.36 Å². The highest BCUT2D eigenvalue weighted by Gasteiger charge is 2.26. The van der Waals surface area contributed by atoms with E-state index in [1.807, 2.05) is 79.7 Å². The van der Waals surface area contributed by atoms with Crippen LogP contribution in [0.1, 0.15) is 28.5 Å². The number of carbonyl (C=O) groups is 2. The van der Waals surface area contributed by atoms with Crippen molar-refractivity contribution in [1.29, 1.82) is 0 Å². The number of hydrogen-bond acceptors (Lipinski definition) is 5. The lowest BCUT2D eigenvalue weighted by Gasteiger charge is -2.17. The molecule has 7 heteroatoms. The zero-order chi connectivity index (χ0) is 26.2. The van der Waals surface area contributed by atoms with Crippen molar-refractivity contribution < 1.29 is 19.1 Å². The maximum atomic E-state index is 13.7.